The summed E-state index contributed by atoms with van der Waals surface area (Å²) < 4.78 is 42.8. The molecule has 0 spiro atoms. The first-order chi connectivity index (χ1) is 15.5. The Balaban J connectivity index is 1.86. The number of anilines is 2. The number of ether oxygens (including phenoxy) is 1. The molecule has 0 N–H and O–H groups in total. The van der Waals surface area contributed by atoms with Crippen LogP contribution < -0.4 is 14.5 Å². The van der Waals surface area contributed by atoms with Crippen molar-refractivity contribution >= 4 is 17.4 Å². The van der Waals surface area contributed by atoms with Crippen molar-refractivity contribution < 1.29 is 22.7 Å². The number of amides is 2. The molecule has 0 radical (unpaired) electrons. The van der Waals surface area contributed by atoms with E-state index >= 15 is 0 Å². The van der Waals surface area contributed by atoms with Gasteiger partial charge in [-0.1, -0.05) is 47.5 Å². The summed E-state index contributed by atoms with van der Waals surface area (Å²) in [5.74, 6) is -0.319. The molecular weight excluding hydrogens is 429 g/mol. The number of nitrogens with zero attached hydrogens (tertiary/aromatic N) is 2. The summed E-state index contributed by atoms with van der Waals surface area (Å²) in [4.78, 5) is 17.2. The number of rotatable bonds is 4. The Labute approximate surface area is 191 Å². The van der Waals surface area contributed by atoms with Crippen LogP contribution in [0.1, 0.15) is 36.6 Å². The Morgan fingerprint density at radius 2 is 1.39 bits per heavy atom. The number of benzene rings is 3. The van der Waals surface area contributed by atoms with Crippen molar-refractivity contribution in [3.8, 4) is 5.75 Å². The van der Waals surface area contributed by atoms with Crippen LogP contribution in [0.25, 0.3) is 0 Å². The topological polar surface area (TPSA) is 32.8 Å². The third kappa shape index (κ3) is 4.40. The zero-order chi connectivity index (χ0) is 24.0. The smallest absolute Gasteiger partial charge is 0.406 e. The molecule has 0 saturated carbocycles. The van der Waals surface area contributed by atoms with Crippen LogP contribution in [0.5, 0.6) is 5.75 Å². The van der Waals surface area contributed by atoms with E-state index in [9.17, 15) is 18.0 Å². The molecule has 4 nitrogen and oxygen atoms in total. The second kappa shape index (κ2) is 8.14. The Morgan fingerprint density at radius 1 is 0.848 bits per heavy atom. The van der Waals surface area contributed by atoms with Crippen LogP contribution in [0.4, 0.5) is 29.3 Å². The highest BCUT2D eigenvalue weighted by Gasteiger charge is 2.53. The molecule has 7 heteroatoms. The molecule has 4 rings (SSSR count). The number of hydrogen-bond donors (Lipinski definition) is 0. The molecule has 0 aromatic heterocycles. The van der Waals surface area contributed by atoms with E-state index in [1.54, 1.807) is 15.9 Å². The van der Waals surface area contributed by atoms with Gasteiger partial charge in [-0.3, -0.25) is 9.80 Å². The number of alkyl halides is 3. The van der Waals surface area contributed by atoms with E-state index < -0.39 is 17.9 Å². The second-order valence-corrected chi connectivity index (χ2v) is 8.84. The van der Waals surface area contributed by atoms with Gasteiger partial charge in [0.1, 0.15) is 5.75 Å². The molecule has 0 bridgehead atoms. The molecule has 1 saturated heterocycles. The van der Waals surface area contributed by atoms with Gasteiger partial charge in [0, 0.05) is 11.4 Å². The highest BCUT2D eigenvalue weighted by atomic mass is 19.4. The third-order valence-electron chi connectivity index (χ3n) is 5.91. The highest BCUT2D eigenvalue weighted by Crippen LogP contribution is 2.48. The Kier molecular flexibility index (Phi) is 5.60. The summed E-state index contributed by atoms with van der Waals surface area (Å²) in [6.07, 6.45) is -4.80. The zero-order valence-electron chi connectivity index (χ0n) is 18.9. The van der Waals surface area contributed by atoms with Gasteiger partial charge in [-0.15, -0.1) is 13.2 Å². The Morgan fingerprint density at radius 3 is 1.94 bits per heavy atom. The lowest BCUT2D eigenvalue weighted by molar-refractivity contribution is -0.274. The first-order valence-electron chi connectivity index (χ1n) is 10.6. The largest absolute Gasteiger partial charge is 0.573 e. The quantitative estimate of drug-likeness (QED) is 0.419. The Hall–Kier alpha value is -3.48. The van der Waals surface area contributed by atoms with Gasteiger partial charge in [-0.05, 0) is 69.7 Å². The fraction of sp³-hybridized carbons (Fsp3) is 0.269. The van der Waals surface area contributed by atoms with Gasteiger partial charge >= 0.3 is 12.4 Å². The maximum absolute atomic E-state index is 13.8. The molecule has 1 aliphatic heterocycles. The molecule has 0 aliphatic carbocycles. The van der Waals surface area contributed by atoms with Crippen molar-refractivity contribution in [2.75, 3.05) is 9.80 Å². The molecular formula is C26H25F3N2O2. The normalized spacial score (nSPS) is 18.0. The Bertz CT molecular complexity index is 1160. The maximum atomic E-state index is 13.8. The average molecular weight is 454 g/mol. The minimum Gasteiger partial charge on any atom is -0.406 e. The third-order valence-corrected chi connectivity index (χ3v) is 5.91. The summed E-state index contributed by atoms with van der Waals surface area (Å²) in [5.41, 5.74) is 3.25. The molecule has 3 aromatic rings. The average Bonchev–Trinajstić information content (AvgIpc) is 2.93. The first-order valence-corrected chi connectivity index (χ1v) is 10.6. The van der Waals surface area contributed by atoms with E-state index in [4.69, 9.17) is 0 Å². The second-order valence-electron chi connectivity index (χ2n) is 8.84. The fourth-order valence-corrected chi connectivity index (χ4v) is 4.44. The SMILES string of the molecule is Cc1ccc(N2C(=O)N(c3ccc(C)cc3)C(C)(C)[C@H]2c2cccc(OC(F)(F)F)c2)cc1. The number of hydrogen-bond acceptors (Lipinski definition) is 2. The molecule has 1 aliphatic rings. The van der Waals surface area contributed by atoms with Crippen molar-refractivity contribution in [2.24, 2.45) is 0 Å². The zero-order valence-corrected chi connectivity index (χ0v) is 18.9. The van der Waals surface area contributed by atoms with E-state index in [1.807, 2.05) is 76.2 Å². The van der Waals surface area contributed by atoms with Crippen LogP contribution >= 0.6 is 0 Å². The van der Waals surface area contributed by atoms with E-state index in [2.05, 4.69) is 4.74 Å². The highest BCUT2D eigenvalue weighted by molar-refractivity contribution is 6.08. The van der Waals surface area contributed by atoms with E-state index in [1.165, 1.54) is 18.2 Å². The lowest BCUT2D eigenvalue weighted by atomic mass is 9.87. The van der Waals surface area contributed by atoms with Crippen molar-refractivity contribution in [3.05, 3.63) is 89.5 Å². The van der Waals surface area contributed by atoms with Gasteiger partial charge in [0.25, 0.3) is 0 Å². The standard InChI is InChI=1S/C26H25F3N2O2/c1-17-8-12-20(13-9-17)30-23(19-6-5-7-22(16-19)33-26(27,28)29)25(3,4)31(24(30)32)21-14-10-18(2)11-15-21/h5-16,23H,1-4H3/t23-/m1/s1. The van der Waals surface area contributed by atoms with Gasteiger partial charge in [0.05, 0.1) is 11.6 Å². The van der Waals surface area contributed by atoms with Gasteiger partial charge in [-0.2, -0.15) is 0 Å². The molecule has 0 unspecified atom stereocenters. The predicted octanol–water partition coefficient (Wildman–Crippen LogP) is 7.17. The number of carbonyl (C=O) groups excluding carboxylic acids is 1. The minimum absolute atomic E-state index is 0.250. The molecule has 2 amide bonds. The molecule has 1 fully saturated rings. The van der Waals surface area contributed by atoms with Crippen LogP contribution in [-0.2, 0) is 0 Å². The van der Waals surface area contributed by atoms with Gasteiger partial charge in [0.2, 0.25) is 0 Å². The van der Waals surface area contributed by atoms with Crippen molar-refractivity contribution in [3.63, 3.8) is 0 Å². The van der Waals surface area contributed by atoms with Gasteiger partial charge in [0.15, 0.2) is 0 Å². The summed E-state index contributed by atoms with van der Waals surface area (Å²) in [5, 5.41) is 0. The summed E-state index contributed by atoms with van der Waals surface area (Å²) >= 11 is 0. The minimum atomic E-state index is -4.80. The van der Waals surface area contributed by atoms with Crippen LogP contribution in [0.2, 0.25) is 0 Å². The summed E-state index contributed by atoms with van der Waals surface area (Å²) in [6.45, 7) is 7.75. The monoisotopic (exact) mass is 454 g/mol. The van der Waals surface area contributed by atoms with Crippen molar-refractivity contribution in [1.29, 1.82) is 0 Å². The molecule has 33 heavy (non-hydrogen) atoms. The number of urea groups is 1. The van der Waals surface area contributed by atoms with Crippen LogP contribution in [0, 0.1) is 13.8 Å². The van der Waals surface area contributed by atoms with Crippen LogP contribution in [0.15, 0.2) is 72.8 Å². The number of carbonyl (C=O) groups is 1. The first kappa shape index (κ1) is 22.7. The lowest BCUT2D eigenvalue weighted by Crippen LogP contribution is -2.43. The molecule has 172 valence electrons. The lowest BCUT2D eigenvalue weighted by Gasteiger charge is -2.35. The van der Waals surface area contributed by atoms with E-state index in [-0.39, 0.29) is 11.8 Å². The molecule has 1 heterocycles. The number of aryl methyl sites for hydroxylation is 2. The van der Waals surface area contributed by atoms with E-state index in [0.717, 1.165) is 16.8 Å². The van der Waals surface area contributed by atoms with Crippen LogP contribution in [-0.4, -0.2) is 17.9 Å². The van der Waals surface area contributed by atoms with Crippen molar-refractivity contribution in [2.45, 2.75) is 45.6 Å². The van der Waals surface area contributed by atoms with Gasteiger partial charge in [-0.25, -0.2) is 4.79 Å². The maximum Gasteiger partial charge on any atom is 0.573 e. The van der Waals surface area contributed by atoms with Crippen LogP contribution in [0.3, 0.4) is 0 Å². The fourth-order valence-electron chi connectivity index (χ4n) is 4.44. The van der Waals surface area contributed by atoms with Crippen molar-refractivity contribution in [1.82, 2.24) is 0 Å². The molecule has 3 aromatic carbocycles. The molecule has 1 atom stereocenters. The summed E-state index contributed by atoms with van der Waals surface area (Å²) in [6, 6.07) is 20.2. The van der Waals surface area contributed by atoms with Gasteiger partial charge < -0.3 is 4.74 Å². The predicted molar refractivity (Wildman–Crippen MR) is 123 cm³/mol. The summed E-state index contributed by atoms with van der Waals surface area (Å²) in [7, 11) is 0. The number of halogens is 3. The van der Waals surface area contributed by atoms with E-state index in [0.29, 0.717) is 11.3 Å².